The van der Waals surface area contributed by atoms with Crippen molar-refractivity contribution >= 4 is 12.2 Å². The van der Waals surface area contributed by atoms with Crippen molar-refractivity contribution in [3.05, 3.63) is 41.4 Å². The van der Waals surface area contributed by atoms with Gasteiger partial charge in [0.1, 0.15) is 12.4 Å². The summed E-state index contributed by atoms with van der Waals surface area (Å²) >= 11 is 5.18. The molecular formula is C13H16N2O2S. The summed E-state index contributed by atoms with van der Waals surface area (Å²) in [5, 5.41) is 0. The molecule has 2 rings (SSSR count). The lowest BCUT2D eigenvalue weighted by Gasteiger charge is -2.08. The maximum Gasteiger partial charge on any atom is 0.181 e. The largest absolute Gasteiger partial charge is 0.491 e. The van der Waals surface area contributed by atoms with Gasteiger partial charge in [-0.15, -0.1) is 0 Å². The summed E-state index contributed by atoms with van der Waals surface area (Å²) in [6, 6.07) is 7.81. The Kier molecular flexibility index (Phi) is 4.55. The summed E-state index contributed by atoms with van der Waals surface area (Å²) < 4.78 is 13.4. The van der Waals surface area contributed by atoms with E-state index in [1.54, 1.807) is 0 Å². The molecule has 1 aromatic carbocycles. The first-order chi connectivity index (χ1) is 8.81. The van der Waals surface area contributed by atoms with Gasteiger partial charge in [0.15, 0.2) is 4.77 Å². The third-order valence-electron chi connectivity index (χ3n) is 2.45. The van der Waals surface area contributed by atoms with Gasteiger partial charge in [0.2, 0.25) is 0 Å². The molecule has 2 aromatic rings. The molecule has 1 N–H and O–H groups in total. The standard InChI is InChI=1S/C13H16N2O2S/c1-2-16-8-9-17-12-5-3-4-11(10-12)15-7-6-14-13(15)18/h3-7,10H,2,8-9H2,1H3,(H,14,18). The van der Waals surface area contributed by atoms with E-state index in [0.29, 0.717) is 24.6 Å². The van der Waals surface area contributed by atoms with Crippen molar-refractivity contribution in [3.8, 4) is 11.4 Å². The molecule has 0 bridgehead atoms. The molecule has 4 nitrogen and oxygen atoms in total. The van der Waals surface area contributed by atoms with E-state index in [1.807, 2.05) is 48.1 Å². The molecule has 0 aliphatic rings. The SMILES string of the molecule is CCOCCOc1cccc(-n2cc[nH]c2=S)c1. The van der Waals surface area contributed by atoms with Crippen molar-refractivity contribution in [2.45, 2.75) is 6.92 Å². The van der Waals surface area contributed by atoms with Crippen LogP contribution in [-0.4, -0.2) is 29.4 Å². The number of aromatic amines is 1. The first kappa shape index (κ1) is 12.9. The van der Waals surface area contributed by atoms with E-state index in [4.69, 9.17) is 21.7 Å². The molecule has 0 radical (unpaired) electrons. The molecule has 0 saturated heterocycles. The molecule has 0 amide bonds. The molecular weight excluding hydrogens is 248 g/mol. The fourth-order valence-electron chi connectivity index (χ4n) is 1.61. The van der Waals surface area contributed by atoms with Crippen LogP contribution in [0.15, 0.2) is 36.7 Å². The van der Waals surface area contributed by atoms with E-state index in [2.05, 4.69) is 4.98 Å². The Morgan fingerprint density at radius 3 is 2.94 bits per heavy atom. The zero-order valence-electron chi connectivity index (χ0n) is 10.3. The number of ether oxygens (including phenoxy) is 2. The maximum absolute atomic E-state index is 5.60. The molecule has 0 aliphatic heterocycles. The predicted molar refractivity (Wildman–Crippen MR) is 72.9 cm³/mol. The highest BCUT2D eigenvalue weighted by molar-refractivity contribution is 7.71. The van der Waals surface area contributed by atoms with Gasteiger partial charge in [0.05, 0.1) is 12.3 Å². The summed E-state index contributed by atoms with van der Waals surface area (Å²) in [6.07, 6.45) is 3.70. The average molecular weight is 264 g/mol. The van der Waals surface area contributed by atoms with E-state index < -0.39 is 0 Å². The van der Waals surface area contributed by atoms with Crippen molar-refractivity contribution in [2.24, 2.45) is 0 Å². The summed E-state index contributed by atoms with van der Waals surface area (Å²) in [4.78, 5) is 2.96. The Labute approximate surface area is 111 Å². The highest BCUT2D eigenvalue weighted by Gasteiger charge is 2.00. The zero-order valence-corrected chi connectivity index (χ0v) is 11.1. The molecule has 18 heavy (non-hydrogen) atoms. The normalized spacial score (nSPS) is 10.5. The zero-order chi connectivity index (χ0) is 12.8. The summed E-state index contributed by atoms with van der Waals surface area (Å²) in [5.74, 6) is 0.815. The maximum atomic E-state index is 5.60. The van der Waals surface area contributed by atoms with E-state index in [1.165, 1.54) is 0 Å². The fraction of sp³-hybridized carbons (Fsp3) is 0.308. The second-order valence-corrected chi connectivity index (χ2v) is 4.06. The monoisotopic (exact) mass is 264 g/mol. The number of hydrogen-bond donors (Lipinski definition) is 1. The molecule has 0 unspecified atom stereocenters. The summed E-state index contributed by atoms with van der Waals surface area (Å²) in [5.41, 5.74) is 0.982. The first-order valence-corrected chi connectivity index (χ1v) is 6.29. The molecule has 0 atom stereocenters. The van der Waals surface area contributed by atoms with Crippen molar-refractivity contribution in [2.75, 3.05) is 19.8 Å². The van der Waals surface area contributed by atoms with Crippen LogP contribution < -0.4 is 4.74 Å². The second kappa shape index (κ2) is 6.37. The summed E-state index contributed by atoms with van der Waals surface area (Å²) in [7, 11) is 0. The lowest BCUT2D eigenvalue weighted by atomic mass is 10.3. The van der Waals surface area contributed by atoms with Gasteiger partial charge in [0.25, 0.3) is 0 Å². The van der Waals surface area contributed by atoms with Crippen LogP contribution in [0.25, 0.3) is 5.69 Å². The van der Waals surface area contributed by atoms with Gasteiger partial charge in [0, 0.05) is 25.1 Å². The van der Waals surface area contributed by atoms with Gasteiger partial charge < -0.3 is 14.5 Å². The minimum Gasteiger partial charge on any atom is -0.491 e. The number of rotatable bonds is 6. The fourth-order valence-corrected chi connectivity index (χ4v) is 1.84. The van der Waals surface area contributed by atoms with Gasteiger partial charge in [-0.2, -0.15) is 0 Å². The van der Waals surface area contributed by atoms with Crippen LogP contribution in [0.3, 0.4) is 0 Å². The Morgan fingerprint density at radius 2 is 2.22 bits per heavy atom. The van der Waals surface area contributed by atoms with Gasteiger partial charge in [-0.3, -0.25) is 4.57 Å². The molecule has 0 fully saturated rings. The van der Waals surface area contributed by atoms with Crippen LogP contribution in [-0.2, 0) is 4.74 Å². The summed E-state index contributed by atoms with van der Waals surface area (Å²) in [6.45, 7) is 3.83. The topological polar surface area (TPSA) is 39.2 Å². The van der Waals surface area contributed by atoms with Crippen LogP contribution >= 0.6 is 12.2 Å². The van der Waals surface area contributed by atoms with Crippen LogP contribution in [0.2, 0.25) is 0 Å². The minimum absolute atomic E-state index is 0.551. The molecule has 96 valence electrons. The lowest BCUT2D eigenvalue weighted by Crippen LogP contribution is -2.06. The van der Waals surface area contributed by atoms with Gasteiger partial charge in [-0.25, -0.2) is 0 Å². The number of nitrogens with zero attached hydrogens (tertiary/aromatic N) is 1. The van der Waals surface area contributed by atoms with Gasteiger partial charge >= 0.3 is 0 Å². The third-order valence-corrected chi connectivity index (χ3v) is 2.76. The average Bonchev–Trinajstić information content (AvgIpc) is 2.81. The highest BCUT2D eigenvalue weighted by Crippen LogP contribution is 2.16. The van der Waals surface area contributed by atoms with Crippen molar-refractivity contribution in [1.29, 1.82) is 0 Å². The van der Waals surface area contributed by atoms with Crippen LogP contribution in [0.1, 0.15) is 6.92 Å². The Hall–Kier alpha value is -1.59. The number of benzene rings is 1. The number of aromatic nitrogens is 2. The first-order valence-electron chi connectivity index (χ1n) is 5.88. The van der Waals surface area contributed by atoms with E-state index >= 15 is 0 Å². The lowest BCUT2D eigenvalue weighted by molar-refractivity contribution is 0.110. The van der Waals surface area contributed by atoms with Crippen molar-refractivity contribution in [1.82, 2.24) is 9.55 Å². The van der Waals surface area contributed by atoms with E-state index in [0.717, 1.165) is 11.4 Å². The minimum atomic E-state index is 0.551. The molecule has 0 saturated carbocycles. The van der Waals surface area contributed by atoms with Gasteiger partial charge in [-0.05, 0) is 31.3 Å². The molecule has 5 heteroatoms. The number of hydrogen-bond acceptors (Lipinski definition) is 3. The molecule has 0 spiro atoms. The van der Waals surface area contributed by atoms with Crippen LogP contribution in [0, 0.1) is 4.77 Å². The Bertz CT molecular complexity index is 548. The number of nitrogens with one attached hydrogen (secondary N) is 1. The molecule has 1 heterocycles. The Morgan fingerprint density at radius 1 is 1.33 bits per heavy atom. The van der Waals surface area contributed by atoms with Crippen molar-refractivity contribution in [3.63, 3.8) is 0 Å². The third kappa shape index (κ3) is 3.21. The van der Waals surface area contributed by atoms with Crippen LogP contribution in [0.4, 0.5) is 0 Å². The smallest absolute Gasteiger partial charge is 0.181 e. The van der Waals surface area contributed by atoms with Gasteiger partial charge in [-0.1, -0.05) is 6.07 Å². The van der Waals surface area contributed by atoms with Crippen LogP contribution in [0.5, 0.6) is 5.75 Å². The molecule has 1 aromatic heterocycles. The van der Waals surface area contributed by atoms with E-state index in [-0.39, 0.29) is 0 Å². The second-order valence-electron chi connectivity index (χ2n) is 3.68. The van der Waals surface area contributed by atoms with E-state index in [9.17, 15) is 0 Å². The van der Waals surface area contributed by atoms with Crippen molar-refractivity contribution < 1.29 is 9.47 Å². The molecule has 0 aliphatic carbocycles. The predicted octanol–water partition coefficient (Wildman–Crippen LogP) is 2.95. The number of imidazole rings is 1. The highest BCUT2D eigenvalue weighted by atomic mass is 32.1. The number of H-pyrrole nitrogens is 1. The quantitative estimate of drug-likeness (QED) is 0.644. The Balaban J connectivity index is 2.06.